The Morgan fingerprint density at radius 3 is 2.92 bits per heavy atom. The van der Waals surface area contributed by atoms with Crippen LogP contribution in [0.25, 0.3) is 0 Å². The number of anilines is 1. The van der Waals surface area contributed by atoms with Crippen LogP contribution < -0.4 is 5.32 Å². The van der Waals surface area contributed by atoms with E-state index in [1.54, 1.807) is 21.3 Å². The average Bonchev–Trinajstić information content (AvgIpc) is 3.27. The van der Waals surface area contributed by atoms with Crippen LogP contribution in [0.1, 0.15) is 23.2 Å². The summed E-state index contributed by atoms with van der Waals surface area (Å²) < 4.78 is 1.74. The monoisotopic (exact) mass is 356 g/mol. The number of nitrogens with zero attached hydrogens (tertiary/aromatic N) is 3. The van der Waals surface area contributed by atoms with Crippen LogP contribution in [0.5, 0.6) is 0 Å². The second-order valence-electron chi connectivity index (χ2n) is 6.54. The van der Waals surface area contributed by atoms with Gasteiger partial charge in [0, 0.05) is 43.6 Å². The number of rotatable bonds is 4. The van der Waals surface area contributed by atoms with E-state index in [1.165, 1.54) is 0 Å². The SMILES string of the molecule is Cn1nc2c(c1NC(=O)[C@@H]1CC(=O)N(Cc3ccccc3)C1)CSC2. The van der Waals surface area contributed by atoms with Gasteiger partial charge in [-0.2, -0.15) is 16.9 Å². The molecule has 2 aliphatic heterocycles. The summed E-state index contributed by atoms with van der Waals surface area (Å²) in [6.07, 6.45) is 0.271. The Bertz CT molecular complexity index is 818. The van der Waals surface area contributed by atoms with Gasteiger partial charge in [-0.15, -0.1) is 0 Å². The molecule has 7 heteroatoms. The van der Waals surface area contributed by atoms with Crippen molar-refractivity contribution in [2.45, 2.75) is 24.5 Å². The van der Waals surface area contributed by atoms with Crippen LogP contribution in [0.2, 0.25) is 0 Å². The summed E-state index contributed by atoms with van der Waals surface area (Å²) in [4.78, 5) is 26.7. The molecule has 0 spiro atoms. The Labute approximate surface area is 150 Å². The molecule has 3 heterocycles. The van der Waals surface area contributed by atoms with Crippen molar-refractivity contribution in [1.82, 2.24) is 14.7 Å². The molecule has 1 N–H and O–H groups in total. The van der Waals surface area contributed by atoms with E-state index in [0.29, 0.717) is 13.1 Å². The highest BCUT2D eigenvalue weighted by atomic mass is 32.2. The lowest BCUT2D eigenvalue weighted by molar-refractivity contribution is -0.128. The van der Waals surface area contributed by atoms with Crippen molar-refractivity contribution in [1.29, 1.82) is 0 Å². The first kappa shape index (κ1) is 16.2. The van der Waals surface area contributed by atoms with Gasteiger partial charge in [0.2, 0.25) is 11.8 Å². The molecule has 2 amide bonds. The zero-order valence-corrected chi connectivity index (χ0v) is 14.9. The molecule has 1 atom stereocenters. The number of benzene rings is 1. The smallest absolute Gasteiger partial charge is 0.230 e. The number of carbonyl (C=O) groups is 2. The molecule has 2 aliphatic rings. The quantitative estimate of drug-likeness (QED) is 0.912. The zero-order valence-electron chi connectivity index (χ0n) is 14.1. The Morgan fingerprint density at radius 1 is 1.32 bits per heavy atom. The molecule has 1 fully saturated rings. The maximum atomic E-state index is 12.7. The van der Waals surface area contributed by atoms with Crippen LogP contribution in [-0.2, 0) is 34.7 Å². The third-order valence-corrected chi connectivity index (χ3v) is 5.73. The molecule has 4 rings (SSSR count). The molecule has 130 valence electrons. The van der Waals surface area contributed by atoms with Gasteiger partial charge >= 0.3 is 0 Å². The van der Waals surface area contributed by atoms with Crippen LogP contribution in [-0.4, -0.2) is 33.0 Å². The van der Waals surface area contributed by atoms with E-state index in [4.69, 9.17) is 0 Å². The van der Waals surface area contributed by atoms with E-state index in [-0.39, 0.29) is 24.2 Å². The molecule has 2 aromatic rings. The Balaban J connectivity index is 1.43. The van der Waals surface area contributed by atoms with Crippen LogP contribution >= 0.6 is 11.8 Å². The topological polar surface area (TPSA) is 67.2 Å². The molecular weight excluding hydrogens is 336 g/mol. The summed E-state index contributed by atoms with van der Waals surface area (Å²) in [6, 6.07) is 9.87. The summed E-state index contributed by atoms with van der Waals surface area (Å²) in [6.45, 7) is 1.02. The van der Waals surface area contributed by atoms with Crippen LogP contribution in [0.15, 0.2) is 30.3 Å². The first-order chi connectivity index (χ1) is 12.1. The Hall–Kier alpha value is -2.28. The lowest BCUT2D eigenvalue weighted by Crippen LogP contribution is -2.28. The van der Waals surface area contributed by atoms with Gasteiger partial charge in [-0.05, 0) is 5.56 Å². The van der Waals surface area contributed by atoms with Crippen LogP contribution in [0.3, 0.4) is 0 Å². The van der Waals surface area contributed by atoms with Gasteiger partial charge in [0.15, 0.2) is 0 Å². The summed E-state index contributed by atoms with van der Waals surface area (Å²) in [7, 11) is 1.85. The second-order valence-corrected chi connectivity index (χ2v) is 7.53. The largest absolute Gasteiger partial charge is 0.338 e. The van der Waals surface area contributed by atoms with Gasteiger partial charge in [-0.1, -0.05) is 30.3 Å². The normalized spacial score (nSPS) is 19.3. The predicted octanol–water partition coefficient (Wildman–Crippen LogP) is 2.15. The molecule has 0 bridgehead atoms. The summed E-state index contributed by atoms with van der Waals surface area (Å²) >= 11 is 1.80. The van der Waals surface area contributed by atoms with Crippen molar-refractivity contribution in [3.05, 3.63) is 47.2 Å². The van der Waals surface area contributed by atoms with Crippen molar-refractivity contribution < 1.29 is 9.59 Å². The molecule has 25 heavy (non-hydrogen) atoms. The fourth-order valence-corrected chi connectivity index (χ4v) is 4.46. The highest BCUT2D eigenvalue weighted by molar-refractivity contribution is 7.98. The van der Waals surface area contributed by atoms with Crippen LogP contribution in [0.4, 0.5) is 5.82 Å². The molecule has 0 aliphatic carbocycles. The van der Waals surface area contributed by atoms with Gasteiger partial charge in [-0.25, -0.2) is 0 Å². The van der Waals surface area contributed by atoms with Gasteiger partial charge in [0.25, 0.3) is 0 Å². The van der Waals surface area contributed by atoms with Gasteiger partial charge < -0.3 is 10.2 Å². The lowest BCUT2D eigenvalue weighted by Gasteiger charge is -2.17. The molecule has 0 radical (unpaired) electrons. The Kier molecular flexibility index (Phi) is 4.25. The molecule has 0 unspecified atom stereocenters. The average molecular weight is 356 g/mol. The first-order valence-corrected chi connectivity index (χ1v) is 9.52. The number of aromatic nitrogens is 2. The van der Waals surface area contributed by atoms with Gasteiger partial charge in [0.1, 0.15) is 5.82 Å². The minimum absolute atomic E-state index is 0.0368. The van der Waals surface area contributed by atoms with Gasteiger partial charge in [-0.3, -0.25) is 14.3 Å². The number of aryl methyl sites for hydroxylation is 1. The zero-order chi connectivity index (χ0) is 17.4. The molecular formula is C18H20N4O2S. The highest BCUT2D eigenvalue weighted by Crippen LogP contribution is 2.34. The minimum Gasteiger partial charge on any atom is -0.338 e. The van der Waals surface area contributed by atoms with E-state index in [1.807, 2.05) is 37.4 Å². The minimum atomic E-state index is -0.309. The van der Waals surface area contributed by atoms with Crippen LogP contribution in [0, 0.1) is 5.92 Å². The van der Waals surface area contributed by atoms with E-state index in [9.17, 15) is 9.59 Å². The number of nitrogens with one attached hydrogen (secondary N) is 1. The third kappa shape index (κ3) is 3.16. The maximum Gasteiger partial charge on any atom is 0.230 e. The number of hydrogen-bond donors (Lipinski definition) is 1. The number of amides is 2. The van der Waals surface area contributed by atoms with Crippen molar-refractivity contribution in [3.63, 3.8) is 0 Å². The lowest BCUT2D eigenvalue weighted by atomic mass is 10.1. The molecule has 1 saturated heterocycles. The number of hydrogen-bond acceptors (Lipinski definition) is 4. The van der Waals surface area contributed by atoms with Crippen molar-refractivity contribution in [2.24, 2.45) is 13.0 Å². The number of thioether (sulfide) groups is 1. The fraction of sp³-hybridized carbons (Fsp3) is 0.389. The predicted molar refractivity (Wildman–Crippen MR) is 96.8 cm³/mol. The van der Waals surface area contributed by atoms with Crippen molar-refractivity contribution >= 4 is 29.4 Å². The maximum absolute atomic E-state index is 12.7. The first-order valence-electron chi connectivity index (χ1n) is 8.37. The van der Waals surface area contributed by atoms with Gasteiger partial charge in [0.05, 0.1) is 11.6 Å². The number of likely N-dealkylation sites (tertiary alicyclic amines) is 1. The van der Waals surface area contributed by atoms with Crippen molar-refractivity contribution in [2.75, 3.05) is 11.9 Å². The molecule has 0 saturated carbocycles. The van der Waals surface area contributed by atoms with E-state index < -0.39 is 0 Å². The molecule has 6 nitrogen and oxygen atoms in total. The molecule has 1 aromatic heterocycles. The van der Waals surface area contributed by atoms with E-state index >= 15 is 0 Å². The van der Waals surface area contributed by atoms with E-state index in [0.717, 1.165) is 34.1 Å². The summed E-state index contributed by atoms with van der Waals surface area (Å²) in [5.41, 5.74) is 3.25. The fourth-order valence-electron chi connectivity index (χ4n) is 3.42. The third-order valence-electron chi connectivity index (χ3n) is 4.76. The second kappa shape index (κ2) is 6.55. The summed E-state index contributed by atoms with van der Waals surface area (Å²) in [5.74, 6) is 2.19. The van der Waals surface area contributed by atoms with E-state index in [2.05, 4.69) is 10.4 Å². The van der Waals surface area contributed by atoms with Crippen molar-refractivity contribution in [3.8, 4) is 0 Å². The standard InChI is InChI=1S/C18H20N4O2S/c1-21-17(14-10-25-11-15(14)20-21)19-18(24)13-7-16(23)22(9-13)8-12-5-3-2-4-6-12/h2-6,13H,7-11H2,1H3,(H,19,24)/t13-/m1/s1. The summed E-state index contributed by atoms with van der Waals surface area (Å²) in [5, 5.41) is 7.47. The molecule has 1 aromatic carbocycles. The highest BCUT2D eigenvalue weighted by Gasteiger charge is 2.35. The Morgan fingerprint density at radius 2 is 2.12 bits per heavy atom. The number of fused-ring (bicyclic) bond motifs is 1. The number of carbonyl (C=O) groups excluding carboxylic acids is 2.